The molecule has 0 spiro atoms. The third-order valence-electron chi connectivity index (χ3n) is 3.15. The second-order valence-corrected chi connectivity index (χ2v) is 4.92. The van der Waals surface area contributed by atoms with Crippen LogP contribution in [0, 0.1) is 0 Å². The van der Waals surface area contributed by atoms with Gasteiger partial charge >= 0.3 is 0 Å². The van der Waals surface area contributed by atoms with Crippen molar-refractivity contribution in [3.05, 3.63) is 23.8 Å². The van der Waals surface area contributed by atoms with E-state index in [1.807, 2.05) is 6.07 Å². The van der Waals surface area contributed by atoms with Gasteiger partial charge in [0.15, 0.2) is 11.5 Å². The topological polar surface area (TPSA) is 30.5 Å². The number of hydrogen-bond acceptors (Lipinski definition) is 3. The highest BCUT2D eigenvalue weighted by Crippen LogP contribution is 2.31. The Kier molecular flexibility index (Phi) is 8.12. The number of ether oxygens (including phenoxy) is 2. The maximum absolute atomic E-state index is 5.84. The molecule has 0 saturated heterocycles. The molecule has 114 valence electrons. The van der Waals surface area contributed by atoms with E-state index in [9.17, 15) is 0 Å². The first-order valence-corrected chi connectivity index (χ1v) is 7.89. The lowest BCUT2D eigenvalue weighted by molar-refractivity contribution is 0.268. The molecule has 0 heterocycles. The van der Waals surface area contributed by atoms with Crippen molar-refractivity contribution >= 4 is 0 Å². The monoisotopic (exact) mass is 279 g/mol. The number of nitrogens with one attached hydrogen (secondary N) is 1. The van der Waals surface area contributed by atoms with Crippen molar-refractivity contribution in [1.29, 1.82) is 0 Å². The molecule has 20 heavy (non-hydrogen) atoms. The van der Waals surface area contributed by atoms with Crippen LogP contribution in [-0.2, 0) is 0 Å². The third-order valence-corrected chi connectivity index (χ3v) is 3.15. The van der Waals surface area contributed by atoms with Crippen molar-refractivity contribution in [1.82, 2.24) is 5.32 Å². The maximum Gasteiger partial charge on any atom is 0.161 e. The third kappa shape index (κ3) is 5.04. The minimum Gasteiger partial charge on any atom is -0.490 e. The van der Waals surface area contributed by atoms with E-state index in [1.165, 1.54) is 5.56 Å². The molecule has 3 nitrogen and oxygen atoms in total. The fraction of sp³-hybridized carbons (Fsp3) is 0.647. The van der Waals surface area contributed by atoms with E-state index in [-0.39, 0.29) is 0 Å². The molecule has 1 aromatic rings. The van der Waals surface area contributed by atoms with Crippen LogP contribution in [0.15, 0.2) is 18.2 Å². The SMILES string of the molecule is CCCOc1ccc(C(CC)NCC)cc1OCCC. The van der Waals surface area contributed by atoms with Gasteiger partial charge in [0.1, 0.15) is 0 Å². The normalized spacial score (nSPS) is 12.2. The maximum atomic E-state index is 5.84. The van der Waals surface area contributed by atoms with E-state index in [2.05, 4.69) is 45.1 Å². The molecule has 1 rings (SSSR count). The highest BCUT2D eigenvalue weighted by atomic mass is 16.5. The molecular formula is C17H29NO2. The number of benzene rings is 1. The molecule has 1 atom stereocenters. The van der Waals surface area contributed by atoms with E-state index in [0.717, 1.165) is 50.5 Å². The van der Waals surface area contributed by atoms with E-state index in [0.29, 0.717) is 6.04 Å². The van der Waals surface area contributed by atoms with E-state index in [4.69, 9.17) is 9.47 Å². The van der Waals surface area contributed by atoms with Crippen LogP contribution in [0.5, 0.6) is 11.5 Å². The van der Waals surface area contributed by atoms with Crippen molar-refractivity contribution in [3.63, 3.8) is 0 Å². The predicted octanol–water partition coefficient (Wildman–Crippen LogP) is 4.32. The molecular weight excluding hydrogens is 250 g/mol. The largest absolute Gasteiger partial charge is 0.490 e. The van der Waals surface area contributed by atoms with Gasteiger partial charge in [0.2, 0.25) is 0 Å². The lowest BCUT2D eigenvalue weighted by atomic mass is 10.0. The van der Waals surface area contributed by atoms with Crippen LogP contribution in [0.1, 0.15) is 58.6 Å². The van der Waals surface area contributed by atoms with Gasteiger partial charge in [0, 0.05) is 6.04 Å². The molecule has 0 aromatic heterocycles. The molecule has 0 saturated carbocycles. The molecule has 0 aliphatic rings. The summed E-state index contributed by atoms with van der Waals surface area (Å²) in [4.78, 5) is 0. The van der Waals surface area contributed by atoms with Gasteiger partial charge in [0.05, 0.1) is 13.2 Å². The van der Waals surface area contributed by atoms with E-state index >= 15 is 0 Å². The molecule has 0 fully saturated rings. The Morgan fingerprint density at radius 2 is 1.60 bits per heavy atom. The quantitative estimate of drug-likeness (QED) is 0.691. The number of hydrogen-bond donors (Lipinski definition) is 1. The lowest BCUT2D eigenvalue weighted by Crippen LogP contribution is -2.20. The average Bonchev–Trinajstić information content (AvgIpc) is 2.49. The van der Waals surface area contributed by atoms with E-state index in [1.54, 1.807) is 0 Å². The van der Waals surface area contributed by atoms with Crippen LogP contribution >= 0.6 is 0 Å². The second-order valence-electron chi connectivity index (χ2n) is 4.92. The van der Waals surface area contributed by atoms with Gasteiger partial charge in [-0.2, -0.15) is 0 Å². The summed E-state index contributed by atoms with van der Waals surface area (Å²) in [5, 5.41) is 3.50. The van der Waals surface area contributed by atoms with Crippen LogP contribution in [0.3, 0.4) is 0 Å². The van der Waals surface area contributed by atoms with Crippen LogP contribution in [0.4, 0.5) is 0 Å². The number of rotatable bonds is 10. The summed E-state index contributed by atoms with van der Waals surface area (Å²) >= 11 is 0. The van der Waals surface area contributed by atoms with Gasteiger partial charge < -0.3 is 14.8 Å². The fourth-order valence-electron chi connectivity index (χ4n) is 2.14. The van der Waals surface area contributed by atoms with Crippen LogP contribution in [0.25, 0.3) is 0 Å². The Hall–Kier alpha value is -1.22. The summed E-state index contributed by atoms with van der Waals surface area (Å²) in [5.41, 5.74) is 1.27. The minimum atomic E-state index is 0.379. The first-order valence-electron chi connectivity index (χ1n) is 7.89. The summed E-state index contributed by atoms with van der Waals surface area (Å²) in [5.74, 6) is 1.73. The predicted molar refractivity (Wildman–Crippen MR) is 84.7 cm³/mol. The Morgan fingerprint density at radius 3 is 2.15 bits per heavy atom. The zero-order chi connectivity index (χ0) is 14.8. The Morgan fingerprint density at radius 1 is 0.950 bits per heavy atom. The molecule has 1 N–H and O–H groups in total. The second kappa shape index (κ2) is 9.65. The zero-order valence-corrected chi connectivity index (χ0v) is 13.4. The molecule has 1 unspecified atom stereocenters. The summed E-state index contributed by atoms with van der Waals surface area (Å²) in [6, 6.07) is 6.68. The lowest BCUT2D eigenvalue weighted by Gasteiger charge is -2.19. The van der Waals surface area contributed by atoms with Crippen molar-refractivity contribution in [2.75, 3.05) is 19.8 Å². The van der Waals surface area contributed by atoms with Gasteiger partial charge in [-0.05, 0) is 43.5 Å². The molecule has 0 bridgehead atoms. The van der Waals surface area contributed by atoms with Crippen LogP contribution in [-0.4, -0.2) is 19.8 Å². The minimum absolute atomic E-state index is 0.379. The first kappa shape index (κ1) is 16.8. The standard InChI is InChI=1S/C17H29NO2/c1-5-11-19-16-10-9-14(15(7-3)18-8-4)13-17(16)20-12-6-2/h9-10,13,15,18H,5-8,11-12H2,1-4H3. The first-order chi connectivity index (χ1) is 9.76. The zero-order valence-electron chi connectivity index (χ0n) is 13.4. The molecule has 0 radical (unpaired) electrons. The average molecular weight is 279 g/mol. The van der Waals surface area contributed by atoms with Crippen molar-refractivity contribution in [3.8, 4) is 11.5 Å². The van der Waals surface area contributed by atoms with Crippen molar-refractivity contribution in [2.45, 2.75) is 53.0 Å². The van der Waals surface area contributed by atoms with E-state index < -0.39 is 0 Å². The van der Waals surface area contributed by atoms with Crippen molar-refractivity contribution < 1.29 is 9.47 Å². The summed E-state index contributed by atoms with van der Waals surface area (Å²) in [7, 11) is 0. The smallest absolute Gasteiger partial charge is 0.161 e. The molecule has 0 aliphatic carbocycles. The van der Waals surface area contributed by atoms with Gasteiger partial charge in [-0.25, -0.2) is 0 Å². The van der Waals surface area contributed by atoms with Gasteiger partial charge in [-0.3, -0.25) is 0 Å². The molecule has 1 aromatic carbocycles. The molecule has 0 amide bonds. The van der Waals surface area contributed by atoms with Crippen LogP contribution < -0.4 is 14.8 Å². The fourth-order valence-corrected chi connectivity index (χ4v) is 2.14. The van der Waals surface area contributed by atoms with Crippen molar-refractivity contribution in [2.24, 2.45) is 0 Å². The Balaban J connectivity index is 2.92. The molecule has 0 aliphatic heterocycles. The summed E-state index contributed by atoms with van der Waals surface area (Å²) in [6.45, 7) is 11.0. The summed E-state index contributed by atoms with van der Waals surface area (Å²) < 4.78 is 11.6. The Labute approximate surface area is 123 Å². The van der Waals surface area contributed by atoms with Gasteiger partial charge in [0.25, 0.3) is 0 Å². The van der Waals surface area contributed by atoms with Gasteiger partial charge in [-0.1, -0.05) is 33.8 Å². The Bertz CT molecular complexity index is 379. The highest BCUT2D eigenvalue weighted by molar-refractivity contribution is 5.44. The summed E-state index contributed by atoms with van der Waals surface area (Å²) in [6.07, 6.45) is 3.07. The highest BCUT2D eigenvalue weighted by Gasteiger charge is 2.12. The van der Waals surface area contributed by atoms with Gasteiger partial charge in [-0.15, -0.1) is 0 Å². The van der Waals surface area contributed by atoms with Crippen LogP contribution in [0.2, 0.25) is 0 Å². The molecule has 3 heteroatoms.